The van der Waals surface area contributed by atoms with E-state index in [2.05, 4.69) is 9.97 Å². The summed E-state index contributed by atoms with van der Waals surface area (Å²) in [6.45, 7) is 0. The second-order valence-electron chi connectivity index (χ2n) is 2.72. The Hall–Kier alpha value is -2.04. The van der Waals surface area contributed by atoms with Crippen LogP contribution in [0.1, 0.15) is 10.4 Å². The van der Waals surface area contributed by atoms with Crippen molar-refractivity contribution in [2.24, 2.45) is 5.73 Å². The average Bonchev–Trinajstić information content (AvgIpc) is 2.42. The number of benzene rings is 1. The first kappa shape index (κ1) is 7.60. The molecule has 0 fully saturated rings. The van der Waals surface area contributed by atoms with Gasteiger partial charge in [0.1, 0.15) is 0 Å². The van der Waals surface area contributed by atoms with Gasteiger partial charge in [0.25, 0.3) is 0 Å². The Balaban J connectivity index is 2.67. The number of H-pyrrole nitrogens is 1. The summed E-state index contributed by atoms with van der Waals surface area (Å²) in [6, 6.07) is 4.95. The van der Waals surface area contributed by atoms with Gasteiger partial charge in [-0.2, -0.15) is 0 Å². The number of aromatic nitrogens is 2. The number of carbonyl (C=O) groups is 1. The molecule has 13 heavy (non-hydrogen) atoms. The van der Waals surface area contributed by atoms with E-state index in [1.807, 2.05) is 0 Å². The van der Waals surface area contributed by atoms with Crippen LogP contribution in [0.3, 0.4) is 0 Å². The van der Waals surface area contributed by atoms with Gasteiger partial charge in [0, 0.05) is 5.56 Å². The first-order valence-corrected chi connectivity index (χ1v) is 3.72. The topological polar surface area (TPSA) is 97.8 Å². The van der Waals surface area contributed by atoms with Crippen molar-refractivity contribution < 1.29 is 4.79 Å². The Morgan fingerprint density at radius 2 is 2.23 bits per heavy atom. The minimum atomic E-state index is -0.469. The van der Waals surface area contributed by atoms with Gasteiger partial charge in [-0.1, -0.05) is 0 Å². The second kappa shape index (κ2) is 2.48. The van der Waals surface area contributed by atoms with E-state index in [0.717, 1.165) is 5.52 Å². The maximum absolute atomic E-state index is 10.8. The van der Waals surface area contributed by atoms with Gasteiger partial charge in [0.05, 0.1) is 11.0 Å². The molecule has 0 bridgehead atoms. The molecule has 5 heteroatoms. The summed E-state index contributed by atoms with van der Waals surface area (Å²) in [5, 5.41) is 0. The maximum Gasteiger partial charge on any atom is 0.248 e. The van der Waals surface area contributed by atoms with Gasteiger partial charge in [-0.3, -0.25) is 4.79 Å². The molecule has 5 N–H and O–H groups in total. The first-order chi connectivity index (χ1) is 6.16. The lowest BCUT2D eigenvalue weighted by Crippen LogP contribution is -2.10. The molecule has 1 amide bonds. The number of rotatable bonds is 1. The van der Waals surface area contributed by atoms with Crippen molar-refractivity contribution in [1.29, 1.82) is 0 Å². The third-order valence-electron chi connectivity index (χ3n) is 1.79. The number of carbonyl (C=O) groups excluding carboxylic acids is 1. The van der Waals surface area contributed by atoms with Gasteiger partial charge in [0.2, 0.25) is 5.91 Å². The first-order valence-electron chi connectivity index (χ1n) is 3.72. The fourth-order valence-electron chi connectivity index (χ4n) is 1.18. The molecule has 2 aromatic rings. The van der Waals surface area contributed by atoms with E-state index >= 15 is 0 Å². The number of nitrogen functional groups attached to an aromatic ring is 1. The van der Waals surface area contributed by atoms with E-state index in [9.17, 15) is 4.79 Å². The summed E-state index contributed by atoms with van der Waals surface area (Å²) in [7, 11) is 0. The van der Waals surface area contributed by atoms with Crippen LogP contribution in [0.5, 0.6) is 0 Å². The summed E-state index contributed by atoms with van der Waals surface area (Å²) >= 11 is 0. The van der Waals surface area contributed by atoms with Crippen molar-refractivity contribution in [2.45, 2.75) is 0 Å². The number of aromatic amines is 1. The molecular weight excluding hydrogens is 168 g/mol. The second-order valence-corrected chi connectivity index (χ2v) is 2.72. The van der Waals surface area contributed by atoms with Crippen LogP contribution in [-0.4, -0.2) is 15.9 Å². The fraction of sp³-hybridized carbons (Fsp3) is 0. The third kappa shape index (κ3) is 1.20. The maximum atomic E-state index is 10.8. The number of hydrogen-bond acceptors (Lipinski definition) is 3. The Bertz CT molecular complexity index is 474. The van der Waals surface area contributed by atoms with Gasteiger partial charge < -0.3 is 16.5 Å². The van der Waals surface area contributed by atoms with E-state index in [-0.39, 0.29) is 0 Å². The van der Waals surface area contributed by atoms with Gasteiger partial charge >= 0.3 is 0 Å². The summed E-state index contributed by atoms with van der Waals surface area (Å²) in [6.07, 6.45) is 0. The van der Waals surface area contributed by atoms with Crippen LogP contribution in [0.4, 0.5) is 5.95 Å². The highest BCUT2D eigenvalue weighted by atomic mass is 16.1. The number of imidazole rings is 1. The summed E-state index contributed by atoms with van der Waals surface area (Å²) in [5.74, 6) is -0.139. The zero-order valence-electron chi connectivity index (χ0n) is 6.74. The third-order valence-corrected chi connectivity index (χ3v) is 1.79. The lowest BCUT2D eigenvalue weighted by Gasteiger charge is -1.92. The molecule has 1 heterocycles. The van der Waals surface area contributed by atoms with Crippen molar-refractivity contribution in [3.8, 4) is 0 Å². The average molecular weight is 176 g/mol. The molecule has 0 saturated heterocycles. The molecular formula is C8H8N4O. The normalized spacial score (nSPS) is 10.5. The SMILES string of the molecule is NC(=O)c1ccc2[nH]c(N)nc2c1. The van der Waals surface area contributed by atoms with Gasteiger partial charge in [-0.15, -0.1) is 0 Å². The number of hydrogen-bond donors (Lipinski definition) is 3. The zero-order valence-corrected chi connectivity index (χ0v) is 6.74. The fourth-order valence-corrected chi connectivity index (χ4v) is 1.18. The molecule has 1 aromatic heterocycles. The molecule has 0 radical (unpaired) electrons. The van der Waals surface area contributed by atoms with E-state index in [1.165, 1.54) is 0 Å². The number of fused-ring (bicyclic) bond motifs is 1. The number of nitrogens with one attached hydrogen (secondary N) is 1. The minimum absolute atomic E-state index is 0.330. The summed E-state index contributed by atoms with van der Waals surface area (Å²) in [4.78, 5) is 17.6. The van der Waals surface area contributed by atoms with Gasteiger partial charge in [-0.25, -0.2) is 4.98 Å². The standard InChI is InChI=1S/C8H8N4O/c9-7(13)4-1-2-5-6(3-4)12-8(10)11-5/h1-3H,(H2,9,13)(H3,10,11,12). The van der Waals surface area contributed by atoms with Gasteiger partial charge in [0.15, 0.2) is 5.95 Å². The van der Waals surface area contributed by atoms with Crippen molar-refractivity contribution in [3.63, 3.8) is 0 Å². The highest BCUT2D eigenvalue weighted by Crippen LogP contribution is 2.13. The van der Waals surface area contributed by atoms with E-state index < -0.39 is 5.91 Å². The molecule has 0 aliphatic carbocycles. The molecule has 0 unspecified atom stereocenters. The largest absolute Gasteiger partial charge is 0.369 e. The van der Waals surface area contributed by atoms with Crippen LogP contribution < -0.4 is 11.5 Å². The molecule has 2 rings (SSSR count). The van der Waals surface area contributed by atoms with Crippen molar-refractivity contribution in [2.75, 3.05) is 5.73 Å². The van der Waals surface area contributed by atoms with Crippen molar-refractivity contribution in [3.05, 3.63) is 23.8 Å². The lowest BCUT2D eigenvalue weighted by molar-refractivity contribution is 0.100. The zero-order chi connectivity index (χ0) is 9.42. The Kier molecular flexibility index (Phi) is 1.45. The smallest absolute Gasteiger partial charge is 0.248 e. The number of amides is 1. The predicted molar refractivity (Wildman–Crippen MR) is 49.0 cm³/mol. The summed E-state index contributed by atoms with van der Waals surface area (Å²) in [5.41, 5.74) is 12.4. The van der Waals surface area contributed by atoms with Gasteiger partial charge in [-0.05, 0) is 18.2 Å². The Morgan fingerprint density at radius 3 is 2.92 bits per heavy atom. The Labute approximate surface area is 73.7 Å². The minimum Gasteiger partial charge on any atom is -0.369 e. The quantitative estimate of drug-likeness (QED) is 0.580. The number of anilines is 1. The molecule has 0 aliphatic heterocycles. The molecule has 0 saturated carbocycles. The lowest BCUT2D eigenvalue weighted by atomic mass is 10.2. The molecule has 66 valence electrons. The summed E-state index contributed by atoms with van der Waals surface area (Å²) < 4.78 is 0. The molecule has 1 aromatic carbocycles. The van der Waals surface area contributed by atoms with Crippen LogP contribution >= 0.6 is 0 Å². The number of nitrogens with two attached hydrogens (primary N) is 2. The Morgan fingerprint density at radius 1 is 1.46 bits per heavy atom. The van der Waals surface area contributed by atoms with Crippen LogP contribution in [-0.2, 0) is 0 Å². The molecule has 0 spiro atoms. The predicted octanol–water partition coefficient (Wildman–Crippen LogP) is 0.244. The van der Waals surface area contributed by atoms with E-state index in [1.54, 1.807) is 18.2 Å². The van der Waals surface area contributed by atoms with Crippen molar-refractivity contribution >= 4 is 22.9 Å². The van der Waals surface area contributed by atoms with Crippen LogP contribution in [0.15, 0.2) is 18.2 Å². The van der Waals surface area contributed by atoms with E-state index in [4.69, 9.17) is 11.5 Å². The molecule has 0 aliphatic rings. The van der Waals surface area contributed by atoms with Crippen LogP contribution in [0, 0.1) is 0 Å². The highest BCUT2D eigenvalue weighted by molar-refractivity contribution is 5.96. The highest BCUT2D eigenvalue weighted by Gasteiger charge is 2.04. The van der Waals surface area contributed by atoms with Crippen LogP contribution in [0.25, 0.3) is 11.0 Å². The number of primary amides is 1. The number of nitrogens with zero attached hydrogens (tertiary/aromatic N) is 1. The molecule has 5 nitrogen and oxygen atoms in total. The molecule has 0 atom stereocenters. The van der Waals surface area contributed by atoms with Crippen LogP contribution in [0.2, 0.25) is 0 Å². The van der Waals surface area contributed by atoms with E-state index in [0.29, 0.717) is 17.0 Å². The van der Waals surface area contributed by atoms with Crippen molar-refractivity contribution in [1.82, 2.24) is 9.97 Å². The monoisotopic (exact) mass is 176 g/mol.